The van der Waals surface area contributed by atoms with Gasteiger partial charge in [-0.15, -0.1) is 0 Å². The number of amides is 1. The number of hydrogen-bond donors (Lipinski definition) is 1. The van der Waals surface area contributed by atoms with Crippen LogP contribution in [0.1, 0.15) is 55.6 Å². The van der Waals surface area contributed by atoms with Gasteiger partial charge in [0.2, 0.25) is 0 Å². The van der Waals surface area contributed by atoms with Gasteiger partial charge in [-0.3, -0.25) is 4.79 Å². The highest BCUT2D eigenvalue weighted by Gasteiger charge is 2.25. The van der Waals surface area contributed by atoms with E-state index in [0.29, 0.717) is 23.1 Å². The summed E-state index contributed by atoms with van der Waals surface area (Å²) in [5, 5.41) is 2.92. The number of nitrogens with one attached hydrogen (secondary N) is 1. The molecule has 0 aliphatic heterocycles. The smallest absolute Gasteiger partial charge is 0.268 e. The van der Waals surface area contributed by atoms with Crippen LogP contribution >= 0.6 is 0 Å². The van der Waals surface area contributed by atoms with E-state index in [2.05, 4.69) is 5.32 Å². The van der Waals surface area contributed by atoms with Crippen LogP contribution in [0.15, 0.2) is 53.6 Å². The second kappa shape index (κ2) is 8.08. The monoisotopic (exact) mass is 374 g/mol. The molecule has 1 aliphatic carbocycles. The molecule has 1 aromatic heterocycles. The summed E-state index contributed by atoms with van der Waals surface area (Å²) in [7, 11) is -3.43. The van der Waals surface area contributed by atoms with E-state index in [0.717, 1.165) is 12.8 Å². The third-order valence-corrected chi connectivity index (χ3v) is 6.91. The van der Waals surface area contributed by atoms with Crippen LogP contribution in [-0.4, -0.2) is 30.7 Å². The van der Waals surface area contributed by atoms with E-state index in [-0.39, 0.29) is 11.7 Å². The summed E-state index contributed by atoms with van der Waals surface area (Å²) in [5.74, 6) is -0.291. The maximum absolute atomic E-state index is 12.7. The van der Waals surface area contributed by atoms with E-state index in [9.17, 15) is 13.2 Å². The van der Waals surface area contributed by atoms with Crippen LogP contribution in [0.25, 0.3) is 0 Å². The van der Waals surface area contributed by atoms with Crippen molar-refractivity contribution in [3.63, 3.8) is 0 Å². The molecule has 3 rings (SSSR count). The first kappa shape index (κ1) is 18.7. The molecule has 0 spiro atoms. The first-order valence-electron chi connectivity index (χ1n) is 9.27. The summed E-state index contributed by atoms with van der Waals surface area (Å²) in [5.41, 5.74) is 0.618. The Hall–Kier alpha value is -2.08. The fourth-order valence-electron chi connectivity index (χ4n) is 3.60. The first-order chi connectivity index (χ1) is 12.5. The van der Waals surface area contributed by atoms with Gasteiger partial charge in [0.25, 0.3) is 5.91 Å². The Morgan fingerprint density at radius 1 is 1.15 bits per heavy atom. The number of hydrogen-bond acceptors (Lipinski definition) is 3. The minimum Gasteiger partial charge on any atom is -0.347 e. The number of carbonyl (C=O) groups is 1. The summed E-state index contributed by atoms with van der Waals surface area (Å²) in [6.45, 7) is 1.89. The van der Waals surface area contributed by atoms with Crippen LogP contribution in [-0.2, 0) is 9.84 Å². The molecular formula is C20H26N2O3S. The van der Waals surface area contributed by atoms with Crippen molar-refractivity contribution in [2.24, 2.45) is 0 Å². The lowest BCUT2D eigenvalue weighted by molar-refractivity contribution is 0.0928. The van der Waals surface area contributed by atoms with Crippen molar-refractivity contribution in [3.05, 3.63) is 54.4 Å². The number of rotatable bonds is 7. The number of aromatic nitrogens is 1. The highest BCUT2D eigenvalue weighted by molar-refractivity contribution is 7.91. The van der Waals surface area contributed by atoms with Gasteiger partial charge in [-0.1, -0.05) is 38.0 Å². The predicted octanol–water partition coefficient (Wildman–Crippen LogP) is 3.59. The second-order valence-electron chi connectivity index (χ2n) is 6.91. The van der Waals surface area contributed by atoms with Crippen molar-refractivity contribution >= 4 is 15.7 Å². The molecule has 1 atom stereocenters. The molecule has 1 unspecified atom stereocenters. The Kier molecular flexibility index (Phi) is 5.81. The number of nitrogens with zero attached hydrogens (tertiary/aromatic N) is 1. The third-order valence-electron chi connectivity index (χ3n) is 5.08. The fraction of sp³-hybridized carbons (Fsp3) is 0.450. The van der Waals surface area contributed by atoms with Crippen molar-refractivity contribution in [1.29, 1.82) is 0 Å². The van der Waals surface area contributed by atoms with Gasteiger partial charge >= 0.3 is 0 Å². The van der Waals surface area contributed by atoms with Gasteiger partial charge in [0, 0.05) is 18.3 Å². The quantitative estimate of drug-likeness (QED) is 0.805. The molecule has 1 saturated carbocycles. The lowest BCUT2D eigenvalue weighted by Gasteiger charge is -2.20. The molecule has 1 fully saturated rings. The van der Waals surface area contributed by atoms with Crippen molar-refractivity contribution in [3.8, 4) is 0 Å². The maximum Gasteiger partial charge on any atom is 0.268 e. The largest absolute Gasteiger partial charge is 0.347 e. The van der Waals surface area contributed by atoms with Crippen LogP contribution in [0, 0.1) is 0 Å². The zero-order valence-electron chi connectivity index (χ0n) is 15.1. The molecule has 1 aliphatic rings. The Balaban J connectivity index is 1.71. The lowest BCUT2D eigenvalue weighted by atomic mass is 10.2. The van der Waals surface area contributed by atoms with Gasteiger partial charge in [-0.25, -0.2) is 8.42 Å². The second-order valence-corrected chi connectivity index (χ2v) is 8.95. The van der Waals surface area contributed by atoms with Crippen LogP contribution in [0.3, 0.4) is 0 Å². The van der Waals surface area contributed by atoms with Crippen LogP contribution in [0.5, 0.6) is 0 Å². The maximum atomic E-state index is 12.7. The summed E-state index contributed by atoms with van der Waals surface area (Å²) < 4.78 is 27.2. The van der Waals surface area contributed by atoms with Crippen LogP contribution < -0.4 is 5.32 Å². The number of benzene rings is 1. The fourth-order valence-corrected chi connectivity index (χ4v) is 5.21. The van der Waals surface area contributed by atoms with Crippen LogP contribution in [0.4, 0.5) is 0 Å². The van der Waals surface area contributed by atoms with Gasteiger partial charge in [0.1, 0.15) is 5.69 Å². The van der Waals surface area contributed by atoms with Gasteiger partial charge in [0.05, 0.1) is 10.6 Å². The molecule has 5 nitrogen and oxygen atoms in total. The molecule has 26 heavy (non-hydrogen) atoms. The van der Waals surface area contributed by atoms with E-state index in [1.54, 1.807) is 30.3 Å². The van der Waals surface area contributed by atoms with Gasteiger partial charge in [-0.2, -0.15) is 0 Å². The summed E-state index contributed by atoms with van der Waals surface area (Å²) in [6, 6.07) is 12.0. The molecular weight excluding hydrogens is 348 g/mol. The standard InChI is InChI=1S/C20H26N2O3S/c1-2-16(15-26(24,25)18-11-4-3-5-12-18)21-20(23)19-13-8-14-22(19)17-9-6-7-10-17/h3-5,8,11-14,16-17H,2,6-7,9-10,15H2,1H3,(H,21,23). The van der Waals surface area contributed by atoms with E-state index in [4.69, 9.17) is 0 Å². The van der Waals surface area contributed by atoms with E-state index >= 15 is 0 Å². The molecule has 1 heterocycles. The topological polar surface area (TPSA) is 68.2 Å². The van der Waals surface area contributed by atoms with Crippen molar-refractivity contribution in [2.75, 3.05) is 5.75 Å². The lowest BCUT2D eigenvalue weighted by Crippen LogP contribution is -2.40. The average Bonchev–Trinajstić information content (AvgIpc) is 3.32. The normalized spacial score (nSPS) is 16.5. The molecule has 1 N–H and O–H groups in total. The molecule has 0 bridgehead atoms. The Labute approximate surface area is 155 Å². The first-order valence-corrected chi connectivity index (χ1v) is 10.9. The predicted molar refractivity (Wildman–Crippen MR) is 102 cm³/mol. The summed E-state index contributed by atoms with van der Waals surface area (Å²) >= 11 is 0. The van der Waals surface area contributed by atoms with Gasteiger partial charge in [-0.05, 0) is 43.5 Å². The molecule has 1 amide bonds. The average molecular weight is 375 g/mol. The molecule has 0 radical (unpaired) electrons. The van der Waals surface area contributed by atoms with Crippen molar-refractivity contribution in [1.82, 2.24) is 9.88 Å². The highest BCUT2D eigenvalue weighted by atomic mass is 32.2. The third kappa shape index (κ3) is 4.18. The van der Waals surface area contributed by atoms with Crippen LogP contribution in [0.2, 0.25) is 0 Å². The zero-order valence-corrected chi connectivity index (χ0v) is 15.9. The van der Waals surface area contributed by atoms with Crippen molar-refractivity contribution < 1.29 is 13.2 Å². The molecule has 1 aromatic carbocycles. The number of carbonyl (C=O) groups excluding carboxylic acids is 1. The Morgan fingerprint density at radius 2 is 1.85 bits per heavy atom. The molecule has 140 valence electrons. The summed E-state index contributed by atoms with van der Waals surface area (Å²) in [6.07, 6.45) is 7.07. The molecule has 2 aromatic rings. The Bertz CT molecular complexity index is 837. The van der Waals surface area contributed by atoms with Gasteiger partial charge < -0.3 is 9.88 Å². The molecule has 0 saturated heterocycles. The molecule has 6 heteroatoms. The Morgan fingerprint density at radius 3 is 2.50 bits per heavy atom. The van der Waals surface area contributed by atoms with Gasteiger partial charge in [0.15, 0.2) is 9.84 Å². The summed E-state index contributed by atoms with van der Waals surface area (Å²) in [4.78, 5) is 13.0. The van der Waals surface area contributed by atoms with E-state index in [1.165, 1.54) is 12.8 Å². The zero-order chi connectivity index (χ0) is 18.6. The number of sulfone groups is 1. The van der Waals surface area contributed by atoms with Crippen molar-refractivity contribution in [2.45, 2.75) is 56.0 Å². The minimum atomic E-state index is -3.43. The van der Waals surface area contributed by atoms with E-state index in [1.807, 2.05) is 29.8 Å². The van der Waals surface area contributed by atoms with E-state index < -0.39 is 15.9 Å². The SMILES string of the molecule is CCC(CS(=O)(=O)c1ccccc1)NC(=O)c1cccn1C1CCCC1. The minimum absolute atomic E-state index is 0.0939. The highest BCUT2D eigenvalue weighted by Crippen LogP contribution is 2.30.